The van der Waals surface area contributed by atoms with E-state index in [1.807, 2.05) is 0 Å². The molecule has 0 aromatic heterocycles. The van der Waals surface area contributed by atoms with Gasteiger partial charge in [-0.3, -0.25) is 4.79 Å². The molecule has 0 bridgehead atoms. The van der Waals surface area contributed by atoms with Crippen LogP contribution in [0, 0.1) is 5.21 Å². The molecule has 0 spiro atoms. The van der Waals surface area contributed by atoms with Crippen LogP contribution in [0.25, 0.3) is 0 Å². The van der Waals surface area contributed by atoms with Crippen molar-refractivity contribution in [2.75, 3.05) is 6.54 Å². The van der Waals surface area contributed by atoms with Gasteiger partial charge in [-0.25, -0.2) is 4.72 Å². The van der Waals surface area contributed by atoms with Crippen LogP contribution in [0.3, 0.4) is 0 Å². The molecule has 1 N–H and O–H groups in total. The summed E-state index contributed by atoms with van der Waals surface area (Å²) in [6.45, 7) is 0.161. The van der Waals surface area contributed by atoms with Crippen LogP contribution >= 0.6 is 12.1 Å². The number of hydrogen-bond donors (Lipinski definition) is 1. The Kier molecular flexibility index (Phi) is 1.18. The maximum Gasteiger partial charge on any atom is 0.237 e. The van der Waals surface area contributed by atoms with Crippen molar-refractivity contribution in [1.29, 1.82) is 0 Å². The fourth-order valence-corrected chi connectivity index (χ4v) is 0.740. The maximum absolute atomic E-state index is 10.1. The highest BCUT2D eigenvalue weighted by molar-refractivity contribution is 7.96. The molecule has 1 heterocycles. The quantitative estimate of drug-likeness (QED) is 0.436. The van der Waals surface area contributed by atoms with E-state index in [0.29, 0.717) is 4.47 Å². The lowest BCUT2D eigenvalue weighted by atomic mass is 10.7. The number of carbonyl (C=O) groups excluding carboxylic acids is 1. The minimum atomic E-state index is -0.412. The summed E-state index contributed by atoms with van der Waals surface area (Å²) in [5.74, 6) is -0.412. The maximum atomic E-state index is 10.1. The van der Waals surface area contributed by atoms with Crippen LogP contribution in [0.1, 0.15) is 0 Å². The van der Waals surface area contributed by atoms with Crippen molar-refractivity contribution >= 4 is 18.0 Å². The summed E-state index contributed by atoms with van der Waals surface area (Å²) in [5.41, 5.74) is 0. The number of carbonyl (C=O) groups is 1. The predicted octanol–water partition coefficient (Wildman–Crippen LogP) is -0.521. The number of hydrogen-bond acceptors (Lipinski definition) is 4. The first-order chi connectivity index (χ1) is 3.30. The molecule has 0 saturated carbocycles. The molecule has 1 amide bonds. The van der Waals surface area contributed by atoms with Crippen LogP contribution in [-0.2, 0) is 4.79 Å². The van der Waals surface area contributed by atoms with E-state index < -0.39 is 5.91 Å². The number of amides is 1. The van der Waals surface area contributed by atoms with Crippen molar-refractivity contribution in [3.8, 4) is 0 Å². The molecule has 1 aliphatic heterocycles. The monoisotopic (exact) mass is 119 g/mol. The molecular formula is C2H3N2O2S-. The normalized spacial score (nSPS) is 21.3. The summed E-state index contributed by atoms with van der Waals surface area (Å²) in [5, 5.41) is 10.0. The summed E-state index contributed by atoms with van der Waals surface area (Å²) in [6.07, 6.45) is 0. The molecule has 0 aromatic carbocycles. The van der Waals surface area contributed by atoms with Crippen molar-refractivity contribution in [3.05, 3.63) is 5.21 Å². The van der Waals surface area contributed by atoms with E-state index in [9.17, 15) is 10.0 Å². The van der Waals surface area contributed by atoms with Crippen LogP contribution in [-0.4, -0.2) is 16.9 Å². The Morgan fingerprint density at radius 2 is 2.71 bits per heavy atom. The van der Waals surface area contributed by atoms with Gasteiger partial charge in [-0.05, 0) is 0 Å². The van der Waals surface area contributed by atoms with E-state index in [0.717, 1.165) is 12.1 Å². The van der Waals surface area contributed by atoms with Gasteiger partial charge in [0.15, 0.2) is 0 Å². The fourth-order valence-electron chi connectivity index (χ4n) is 0.268. The van der Waals surface area contributed by atoms with Crippen molar-refractivity contribution in [3.63, 3.8) is 0 Å². The van der Waals surface area contributed by atoms with E-state index in [-0.39, 0.29) is 6.54 Å². The molecule has 0 unspecified atom stereocenters. The molecule has 7 heavy (non-hydrogen) atoms. The fraction of sp³-hybridized carbons (Fsp3) is 0.500. The van der Waals surface area contributed by atoms with Gasteiger partial charge in [0.05, 0.1) is 6.54 Å². The molecule has 0 aromatic rings. The third kappa shape index (κ3) is 0.846. The smallest absolute Gasteiger partial charge is 0.237 e. The average molecular weight is 119 g/mol. The van der Waals surface area contributed by atoms with Gasteiger partial charge >= 0.3 is 0 Å². The molecule has 1 aliphatic rings. The van der Waals surface area contributed by atoms with Gasteiger partial charge in [0.25, 0.3) is 0 Å². The summed E-state index contributed by atoms with van der Waals surface area (Å²) < 4.78 is 2.82. The Bertz CT molecular complexity index is 95.7. The molecule has 0 radical (unpaired) electrons. The first-order valence-corrected chi connectivity index (χ1v) is 2.48. The van der Waals surface area contributed by atoms with Crippen LogP contribution in [0.5, 0.6) is 0 Å². The van der Waals surface area contributed by atoms with E-state index in [1.54, 1.807) is 0 Å². The third-order valence-corrected chi connectivity index (χ3v) is 1.22. The predicted molar refractivity (Wildman–Crippen MR) is 25.8 cm³/mol. The van der Waals surface area contributed by atoms with Gasteiger partial charge < -0.3 is 9.68 Å². The topological polar surface area (TPSA) is 55.4 Å². The van der Waals surface area contributed by atoms with Crippen molar-refractivity contribution in [2.24, 2.45) is 0 Å². The van der Waals surface area contributed by atoms with E-state index >= 15 is 0 Å². The Morgan fingerprint density at radius 3 is 2.86 bits per heavy atom. The third-order valence-electron chi connectivity index (χ3n) is 0.574. The highest BCUT2D eigenvalue weighted by atomic mass is 32.2. The van der Waals surface area contributed by atoms with Crippen LogP contribution < -0.4 is 4.72 Å². The molecule has 5 heteroatoms. The largest absolute Gasteiger partial charge is 0.745 e. The van der Waals surface area contributed by atoms with Crippen LogP contribution in [0.2, 0.25) is 0 Å². The summed E-state index contributed by atoms with van der Waals surface area (Å²) >= 11 is 0.784. The van der Waals surface area contributed by atoms with Gasteiger partial charge in [-0.1, -0.05) is 0 Å². The molecule has 1 saturated heterocycles. The second kappa shape index (κ2) is 1.69. The Labute approximate surface area is 44.7 Å². The zero-order chi connectivity index (χ0) is 5.28. The summed E-state index contributed by atoms with van der Waals surface area (Å²) in [6, 6.07) is 0. The lowest BCUT2D eigenvalue weighted by molar-refractivity contribution is -0.122. The molecular weight excluding hydrogens is 116 g/mol. The first-order valence-electron chi connectivity index (χ1n) is 1.70. The lowest BCUT2D eigenvalue weighted by Crippen LogP contribution is -2.13. The zero-order valence-corrected chi connectivity index (χ0v) is 4.20. The minimum absolute atomic E-state index is 0.161. The molecule has 1 fully saturated rings. The summed E-state index contributed by atoms with van der Waals surface area (Å²) in [7, 11) is 0. The van der Waals surface area contributed by atoms with Gasteiger partial charge in [0.2, 0.25) is 5.91 Å². The van der Waals surface area contributed by atoms with Crippen LogP contribution in [0.4, 0.5) is 0 Å². The first kappa shape index (κ1) is 4.89. The second-order valence-corrected chi connectivity index (χ2v) is 1.87. The molecule has 4 nitrogen and oxygen atoms in total. The highest BCUT2D eigenvalue weighted by Gasteiger charge is 2.10. The Morgan fingerprint density at radius 1 is 2.00 bits per heavy atom. The van der Waals surface area contributed by atoms with E-state index in [2.05, 4.69) is 4.72 Å². The van der Waals surface area contributed by atoms with Crippen molar-refractivity contribution in [2.45, 2.75) is 0 Å². The van der Waals surface area contributed by atoms with Crippen LogP contribution in [0.15, 0.2) is 0 Å². The van der Waals surface area contributed by atoms with E-state index in [4.69, 9.17) is 0 Å². The second-order valence-electron chi connectivity index (χ2n) is 1.06. The van der Waals surface area contributed by atoms with Crippen molar-refractivity contribution in [1.82, 2.24) is 9.19 Å². The molecule has 0 aliphatic carbocycles. The minimum Gasteiger partial charge on any atom is -0.745 e. The average Bonchev–Trinajstić information content (AvgIpc) is 1.91. The zero-order valence-electron chi connectivity index (χ0n) is 3.38. The molecule has 1 rings (SSSR count). The molecule has 0 atom stereocenters. The SMILES string of the molecule is O=C1CNSN1[O-]. The lowest BCUT2D eigenvalue weighted by Gasteiger charge is -2.15. The number of hydroxylamine groups is 1. The number of nitrogens with one attached hydrogen (secondary N) is 1. The number of nitrogens with zero attached hydrogens (tertiary/aromatic N) is 1. The molecule has 40 valence electrons. The van der Waals surface area contributed by atoms with Gasteiger partial charge in [-0.15, -0.1) is 0 Å². The Hall–Kier alpha value is -0.260. The van der Waals surface area contributed by atoms with Crippen molar-refractivity contribution < 1.29 is 4.79 Å². The standard InChI is InChI=1S/C2H3N2O2S/c5-2-1-3-7-4(2)6/h3H,1H2/q-1. The Balaban J connectivity index is 2.48. The highest BCUT2D eigenvalue weighted by Crippen LogP contribution is 2.08. The van der Waals surface area contributed by atoms with E-state index in [1.165, 1.54) is 0 Å². The summed E-state index contributed by atoms with van der Waals surface area (Å²) in [4.78, 5) is 10.1. The van der Waals surface area contributed by atoms with Gasteiger partial charge in [0.1, 0.15) is 0 Å². The number of rotatable bonds is 0. The van der Waals surface area contributed by atoms with Gasteiger partial charge in [0, 0.05) is 12.1 Å². The van der Waals surface area contributed by atoms with Gasteiger partial charge in [-0.2, -0.15) is 0 Å².